The summed E-state index contributed by atoms with van der Waals surface area (Å²) in [5.41, 5.74) is 6.56. The Labute approximate surface area is 168 Å². The Morgan fingerprint density at radius 3 is 2.52 bits per heavy atom. The summed E-state index contributed by atoms with van der Waals surface area (Å²) in [6, 6.07) is 11.8. The molecule has 27 heavy (non-hydrogen) atoms. The summed E-state index contributed by atoms with van der Waals surface area (Å²) in [6.07, 6.45) is 5.70. The third-order valence-corrected chi connectivity index (χ3v) is 4.58. The van der Waals surface area contributed by atoms with Crippen LogP contribution in [0.25, 0.3) is 6.08 Å². The van der Waals surface area contributed by atoms with E-state index in [1.54, 1.807) is 6.08 Å². The molecule has 1 amide bonds. The van der Waals surface area contributed by atoms with E-state index in [0.29, 0.717) is 6.61 Å². The van der Waals surface area contributed by atoms with Crippen LogP contribution in [0.4, 0.5) is 0 Å². The Morgan fingerprint density at radius 2 is 1.89 bits per heavy atom. The summed E-state index contributed by atoms with van der Waals surface area (Å²) in [4.78, 5) is 11.3. The highest BCUT2D eigenvalue weighted by Gasteiger charge is 2.11. The normalized spacial score (nSPS) is 10.7. The van der Waals surface area contributed by atoms with Crippen LogP contribution in [0.2, 0.25) is 0 Å². The highest BCUT2D eigenvalue weighted by Crippen LogP contribution is 2.30. The second-order valence-corrected chi connectivity index (χ2v) is 7.40. The minimum absolute atomic E-state index is 0.410. The first-order valence-electron chi connectivity index (χ1n) is 8.64. The maximum absolute atomic E-state index is 11.3. The Bertz CT molecular complexity index is 851. The van der Waals surface area contributed by atoms with Gasteiger partial charge in [0, 0.05) is 21.7 Å². The molecule has 2 rings (SSSR count). The van der Waals surface area contributed by atoms with Crippen LogP contribution in [-0.4, -0.2) is 5.91 Å². The number of amides is 1. The molecule has 5 heteroatoms. The number of allylic oxidation sites excluding steroid dienone is 2. The van der Waals surface area contributed by atoms with Gasteiger partial charge in [0.2, 0.25) is 5.91 Å². The Hall–Kier alpha value is -2.37. The van der Waals surface area contributed by atoms with Gasteiger partial charge in [-0.1, -0.05) is 51.8 Å². The third-order valence-electron chi connectivity index (χ3n) is 4.05. The molecular formula is C22H23BrNO3-. The van der Waals surface area contributed by atoms with Crippen molar-refractivity contribution in [3.8, 4) is 5.75 Å². The molecule has 0 saturated carbocycles. The first-order chi connectivity index (χ1) is 12.9. The van der Waals surface area contributed by atoms with E-state index in [4.69, 9.17) is 4.74 Å². The molecule has 0 saturated heterocycles. The average molecular weight is 429 g/mol. The zero-order valence-corrected chi connectivity index (χ0v) is 17.3. The molecule has 0 fully saturated rings. The summed E-state index contributed by atoms with van der Waals surface area (Å²) in [5, 5.41) is 10.5. The molecule has 0 radical (unpaired) electrons. The monoisotopic (exact) mass is 428 g/mol. The van der Waals surface area contributed by atoms with E-state index in [9.17, 15) is 10.0 Å². The van der Waals surface area contributed by atoms with Crippen LogP contribution < -0.4 is 10.2 Å². The number of carbonyl (C=O) groups is 1. The van der Waals surface area contributed by atoms with Gasteiger partial charge < -0.3 is 15.4 Å². The number of carbonyl (C=O) groups excluding carboxylic acids is 1. The summed E-state index contributed by atoms with van der Waals surface area (Å²) < 4.78 is 7.18. The number of benzene rings is 2. The summed E-state index contributed by atoms with van der Waals surface area (Å²) in [7, 11) is 0. The van der Waals surface area contributed by atoms with Crippen molar-refractivity contribution in [1.82, 2.24) is 5.48 Å². The second kappa shape index (κ2) is 10.1. The van der Waals surface area contributed by atoms with E-state index < -0.39 is 5.91 Å². The largest absolute Gasteiger partial charge is 0.759 e. The van der Waals surface area contributed by atoms with Crippen molar-refractivity contribution in [3.05, 3.63) is 86.1 Å². The molecule has 0 aliphatic rings. The fraction of sp³-hybridized carbons (Fsp3) is 0.227. The lowest BCUT2D eigenvalue weighted by Crippen LogP contribution is -2.11. The zero-order chi connectivity index (χ0) is 19.8. The SMILES string of the molecule is CC(C)=CCc1c(C)ccc(/C=C/C(=O)N[O-])c1OCc1ccc(Br)cc1. The number of aryl methyl sites for hydroxylation is 1. The van der Waals surface area contributed by atoms with Gasteiger partial charge in [-0.25, -0.2) is 0 Å². The minimum atomic E-state index is -0.694. The molecule has 2 aromatic rings. The Balaban J connectivity index is 2.39. The minimum Gasteiger partial charge on any atom is -0.759 e. The number of halogens is 1. The van der Waals surface area contributed by atoms with Gasteiger partial charge in [-0.15, -0.1) is 0 Å². The summed E-state index contributed by atoms with van der Waals surface area (Å²) in [5.74, 6) is 0.0330. The number of hydroxylamine groups is 1. The van der Waals surface area contributed by atoms with Crippen molar-refractivity contribution in [2.75, 3.05) is 0 Å². The highest BCUT2D eigenvalue weighted by molar-refractivity contribution is 9.10. The Kier molecular flexibility index (Phi) is 7.82. The molecule has 0 atom stereocenters. The number of nitrogens with one attached hydrogen (secondary N) is 1. The molecule has 0 aliphatic heterocycles. The van der Waals surface area contributed by atoms with Crippen LogP contribution >= 0.6 is 15.9 Å². The standard InChI is InChI=1S/C22H23BrNO3/c1-15(2)4-12-20-16(3)5-8-18(9-13-21(25)24-26)22(20)27-14-17-6-10-19(23)11-7-17/h4-11,13H,12,14H2,1-3H3,(H-,24,25,26)/q-1/b13-9+. The van der Waals surface area contributed by atoms with Crippen molar-refractivity contribution in [3.63, 3.8) is 0 Å². The molecule has 4 nitrogen and oxygen atoms in total. The molecule has 0 aromatic heterocycles. The average Bonchev–Trinajstić information content (AvgIpc) is 2.65. The van der Waals surface area contributed by atoms with Gasteiger partial charge in [0.1, 0.15) is 12.4 Å². The molecule has 0 unspecified atom stereocenters. The number of rotatable bonds is 7. The molecule has 0 spiro atoms. The van der Waals surface area contributed by atoms with Gasteiger partial charge in [-0.2, -0.15) is 0 Å². The van der Waals surface area contributed by atoms with Gasteiger partial charge in [-0.05, 0) is 56.5 Å². The van der Waals surface area contributed by atoms with Gasteiger partial charge in [0.25, 0.3) is 0 Å². The van der Waals surface area contributed by atoms with Crippen LogP contribution in [0.1, 0.15) is 36.1 Å². The fourth-order valence-electron chi connectivity index (χ4n) is 2.54. The molecule has 0 bridgehead atoms. The first-order valence-corrected chi connectivity index (χ1v) is 9.43. The van der Waals surface area contributed by atoms with Crippen LogP contribution in [0.15, 0.2) is 58.6 Å². The summed E-state index contributed by atoms with van der Waals surface area (Å²) in [6.45, 7) is 6.56. The van der Waals surface area contributed by atoms with Gasteiger partial charge in [-0.3, -0.25) is 4.79 Å². The van der Waals surface area contributed by atoms with Crippen LogP contribution in [0.3, 0.4) is 0 Å². The van der Waals surface area contributed by atoms with Crippen LogP contribution in [0.5, 0.6) is 5.75 Å². The lowest BCUT2D eigenvalue weighted by molar-refractivity contribution is -0.115. The van der Waals surface area contributed by atoms with E-state index in [0.717, 1.165) is 38.9 Å². The van der Waals surface area contributed by atoms with Gasteiger partial charge in [0.05, 0.1) is 0 Å². The van der Waals surface area contributed by atoms with Crippen molar-refractivity contribution in [2.24, 2.45) is 0 Å². The van der Waals surface area contributed by atoms with Gasteiger partial charge >= 0.3 is 0 Å². The smallest absolute Gasteiger partial charge is 0.233 e. The predicted octanol–water partition coefficient (Wildman–Crippen LogP) is 5.47. The van der Waals surface area contributed by atoms with Gasteiger partial charge in [0.15, 0.2) is 0 Å². The van der Waals surface area contributed by atoms with Crippen molar-refractivity contribution < 1.29 is 9.53 Å². The second-order valence-electron chi connectivity index (χ2n) is 6.48. The van der Waals surface area contributed by atoms with Crippen molar-refractivity contribution >= 4 is 27.9 Å². The number of hydrogen-bond donors (Lipinski definition) is 1. The topological polar surface area (TPSA) is 61.4 Å². The molecule has 1 N–H and O–H groups in total. The molecular weight excluding hydrogens is 406 g/mol. The first kappa shape index (κ1) is 20.9. The highest BCUT2D eigenvalue weighted by atomic mass is 79.9. The number of hydrogen-bond acceptors (Lipinski definition) is 3. The molecule has 0 heterocycles. The van der Waals surface area contributed by atoms with Crippen LogP contribution in [-0.2, 0) is 17.8 Å². The van der Waals surface area contributed by atoms with E-state index in [1.165, 1.54) is 17.1 Å². The fourth-order valence-corrected chi connectivity index (χ4v) is 2.81. The zero-order valence-electron chi connectivity index (χ0n) is 15.7. The predicted molar refractivity (Wildman–Crippen MR) is 113 cm³/mol. The molecule has 142 valence electrons. The quantitative estimate of drug-likeness (QED) is 0.361. The lowest BCUT2D eigenvalue weighted by Gasteiger charge is -2.16. The third kappa shape index (κ3) is 6.38. The van der Waals surface area contributed by atoms with Crippen LogP contribution in [0, 0.1) is 12.1 Å². The number of ether oxygens (including phenoxy) is 1. The van der Waals surface area contributed by atoms with E-state index in [1.807, 2.05) is 43.3 Å². The van der Waals surface area contributed by atoms with E-state index in [2.05, 4.69) is 35.9 Å². The summed E-state index contributed by atoms with van der Waals surface area (Å²) >= 11 is 3.43. The molecule has 0 aliphatic carbocycles. The van der Waals surface area contributed by atoms with Crippen molar-refractivity contribution in [2.45, 2.75) is 33.8 Å². The maximum Gasteiger partial charge on any atom is 0.233 e. The lowest BCUT2D eigenvalue weighted by atomic mass is 9.99. The van der Waals surface area contributed by atoms with E-state index in [-0.39, 0.29) is 0 Å². The maximum atomic E-state index is 11.3. The van der Waals surface area contributed by atoms with Crippen molar-refractivity contribution in [1.29, 1.82) is 0 Å². The Morgan fingerprint density at radius 1 is 1.19 bits per heavy atom. The van der Waals surface area contributed by atoms with E-state index >= 15 is 0 Å². The molecule has 2 aromatic carbocycles.